The van der Waals surface area contributed by atoms with Gasteiger partial charge in [0.25, 0.3) is 0 Å². The second-order valence-electron chi connectivity index (χ2n) is 2.83. The third-order valence-electron chi connectivity index (χ3n) is 1.46. The van der Waals surface area contributed by atoms with Gasteiger partial charge < -0.3 is 10.2 Å². The van der Waals surface area contributed by atoms with Crippen molar-refractivity contribution in [2.45, 2.75) is 12.8 Å². The van der Waals surface area contributed by atoms with Crippen molar-refractivity contribution in [2.75, 3.05) is 0 Å². The monoisotopic (exact) mass is 222 g/mol. The zero-order chi connectivity index (χ0) is 12.2. The second kappa shape index (κ2) is 9.45. The lowest BCUT2D eigenvalue weighted by Gasteiger charge is -1.84. The number of carboxylic acids is 2. The van der Waals surface area contributed by atoms with Gasteiger partial charge >= 0.3 is 11.9 Å². The maximum atomic E-state index is 10.1. The Morgan fingerprint density at radius 3 is 2.00 bits per heavy atom. The number of aliphatic carboxylic acids is 2. The molecular formula is C12H14O4. The van der Waals surface area contributed by atoms with Crippen LogP contribution >= 0.6 is 0 Å². The van der Waals surface area contributed by atoms with Crippen molar-refractivity contribution < 1.29 is 19.8 Å². The Hall–Kier alpha value is -2.10. The fourth-order valence-corrected chi connectivity index (χ4v) is 0.776. The van der Waals surface area contributed by atoms with E-state index in [4.69, 9.17) is 10.2 Å². The molecule has 0 bridgehead atoms. The van der Waals surface area contributed by atoms with Gasteiger partial charge in [-0.3, -0.25) is 4.79 Å². The number of allylic oxidation sites excluding steroid dienone is 7. The van der Waals surface area contributed by atoms with E-state index >= 15 is 0 Å². The van der Waals surface area contributed by atoms with E-state index in [0.29, 0.717) is 6.42 Å². The predicted octanol–water partition coefficient (Wildman–Crippen LogP) is 2.16. The van der Waals surface area contributed by atoms with Gasteiger partial charge in [-0.25, -0.2) is 4.79 Å². The first-order valence-electron chi connectivity index (χ1n) is 4.74. The van der Waals surface area contributed by atoms with E-state index in [-0.39, 0.29) is 6.42 Å². The highest BCUT2D eigenvalue weighted by Crippen LogP contribution is 1.91. The highest BCUT2D eigenvalue weighted by atomic mass is 16.4. The summed E-state index contributed by atoms with van der Waals surface area (Å²) in [5.41, 5.74) is 0. The molecule has 0 aliphatic rings. The molecule has 4 nitrogen and oxygen atoms in total. The van der Waals surface area contributed by atoms with Crippen LogP contribution in [0, 0.1) is 0 Å². The summed E-state index contributed by atoms with van der Waals surface area (Å²) in [5, 5.41) is 16.6. The lowest BCUT2D eigenvalue weighted by Crippen LogP contribution is -1.91. The Balaban J connectivity index is 3.68. The first kappa shape index (κ1) is 13.9. The van der Waals surface area contributed by atoms with Crippen LogP contribution in [0.15, 0.2) is 48.6 Å². The van der Waals surface area contributed by atoms with Crippen LogP contribution in [-0.2, 0) is 9.59 Å². The highest BCUT2D eigenvalue weighted by molar-refractivity contribution is 5.80. The molecule has 86 valence electrons. The summed E-state index contributed by atoms with van der Waals surface area (Å²) in [6.45, 7) is 0. The number of hydrogen-bond donors (Lipinski definition) is 2. The normalized spacial score (nSPS) is 12.2. The summed E-state index contributed by atoms with van der Waals surface area (Å²) in [7, 11) is 0. The molecule has 16 heavy (non-hydrogen) atoms. The van der Waals surface area contributed by atoms with Crippen LogP contribution in [0.5, 0.6) is 0 Å². The molecule has 0 fully saturated rings. The highest BCUT2D eigenvalue weighted by Gasteiger charge is 1.90. The summed E-state index contributed by atoms with van der Waals surface area (Å²) >= 11 is 0. The van der Waals surface area contributed by atoms with Gasteiger partial charge in [0.1, 0.15) is 0 Å². The molecule has 0 unspecified atom stereocenters. The SMILES string of the molecule is O=C(O)C=CC=CC=CC=CCCC(=O)O. The molecule has 0 spiro atoms. The lowest BCUT2D eigenvalue weighted by atomic mass is 10.3. The average Bonchev–Trinajstić information content (AvgIpc) is 2.20. The summed E-state index contributed by atoms with van der Waals surface area (Å²) in [6.07, 6.45) is 13.3. The van der Waals surface area contributed by atoms with Crippen LogP contribution in [0.2, 0.25) is 0 Å². The van der Waals surface area contributed by atoms with Gasteiger partial charge in [0.05, 0.1) is 0 Å². The third kappa shape index (κ3) is 11.9. The van der Waals surface area contributed by atoms with Gasteiger partial charge in [-0.1, -0.05) is 42.5 Å². The summed E-state index contributed by atoms with van der Waals surface area (Å²) in [5.74, 6) is -1.80. The molecular weight excluding hydrogens is 208 g/mol. The smallest absolute Gasteiger partial charge is 0.328 e. The van der Waals surface area contributed by atoms with Gasteiger partial charge in [-0.05, 0) is 6.42 Å². The minimum atomic E-state index is -0.984. The third-order valence-corrected chi connectivity index (χ3v) is 1.46. The molecule has 0 amide bonds. The predicted molar refractivity (Wildman–Crippen MR) is 61.1 cm³/mol. The minimum Gasteiger partial charge on any atom is -0.481 e. The van der Waals surface area contributed by atoms with Crippen molar-refractivity contribution in [3.8, 4) is 0 Å². The Morgan fingerprint density at radius 1 is 0.875 bits per heavy atom. The fourth-order valence-electron chi connectivity index (χ4n) is 0.776. The molecule has 0 radical (unpaired) electrons. The van der Waals surface area contributed by atoms with E-state index in [1.165, 1.54) is 6.08 Å². The lowest BCUT2D eigenvalue weighted by molar-refractivity contribution is -0.137. The molecule has 0 atom stereocenters. The maximum Gasteiger partial charge on any atom is 0.328 e. The zero-order valence-electron chi connectivity index (χ0n) is 8.74. The average molecular weight is 222 g/mol. The van der Waals surface area contributed by atoms with Crippen molar-refractivity contribution in [1.82, 2.24) is 0 Å². The molecule has 0 saturated heterocycles. The molecule has 2 N–H and O–H groups in total. The number of carboxylic acid groups (broad SMARTS) is 2. The molecule has 0 saturated carbocycles. The van der Waals surface area contributed by atoms with Gasteiger partial charge in [0, 0.05) is 12.5 Å². The van der Waals surface area contributed by atoms with E-state index in [9.17, 15) is 9.59 Å². The number of carbonyl (C=O) groups is 2. The van der Waals surface area contributed by atoms with E-state index in [1.54, 1.807) is 36.5 Å². The van der Waals surface area contributed by atoms with E-state index in [1.807, 2.05) is 0 Å². The maximum absolute atomic E-state index is 10.1. The van der Waals surface area contributed by atoms with Crippen molar-refractivity contribution in [1.29, 1.82) is 0 Å². The van der Waals surface area contributed by atoms with E-state index in [2.05, 4.69) is 0 Å². The zero-order valence-corrected chi connectivity index (χ0v) is 8.74. The molecule has 0 heterocycles. The van der Waals surface area contributed by atoms with Crippen LogP contribution in [0.25, 0.3) is 0 Å². The second-order valence-corrected chi connectivity index (χ2v) is 2.83. The molecule has 4 heteroatoms. The van der Waals surface area contributed by atoms with Crippen LogP contribution in [0.4, 0.5) is 0 Å². The fraction of sp³-hybridized carbons (Fsp3) is 0.167. The Bertz CT molecular complexity index is 335. The largest absolute Gasteiger partial charge is 0.481 e. The van der Waals surface area contributed by atoms with Crippen molar-refractivity contribution in [3.63, 3.8) is 0 Å². The van der Waals surface area contributed by atoms with Crippen LogP contribution in [0.3, 0.4) is 0 Å². The molecule has 0 aliphatic heterocycles. The quantitative estimate of drug-likeness (QED) is 0.511. The number of rotatable bonds is 7. The van der Waals surface area contributed by atoms with Crippen molar-refractivity contribution in [2.24, 2.45) is 0 Å². The van der Waals surface area contributed by atoms with Gasteiger partial charge in [0.15, 0.2) is 0 Å². The van der Waals surface area contributed by atoms with Gasteiger partial charge in [0.2, 0.25) is 0 Å². The van der Waals surface area contributed by atoms with Crippen molar-refractivity contribution >= 4 is 11.9 Å². The molecule has 0 aromatic rings. The van der Waals surface area contributed by atoms with Crippen LogP contribution in [0.1, 0.15) is 12.8 Å². The van der Waals surface area contributed by atoms with Crippen molar-refractivity contribution in [3.05, 3.63) is 48.6 Å². The Morgan fingerprint density at radius 2 is 1.44 bits per heavy atom. The summed E-state index contributed by atoms with van der Waals surface area (Å²) in [4.78, 5) is 20.2. The number of hydrogen-bond acceptors (Lipinski definition) is 2. The molecule has 0 aromatic carbocycles. The minimum absolute atomic E-state index is 0.127. The summed E-state index contributed by atoms with van der Waals surface area (Å²) in [6, 6.07) is 0. The van der Waals surface area contributed by atoms with Gasteiger partial charge in [-0.15, -0.1) is 0 Å². The molecule has 0 aliphatic carbocycles. The topological polar surface area (TPSA) is 74.6 Å². The van der Waals surface area contributed by atoms with Gasteiger partial charge in [-0.2, -0.15) is 0 Å². The summed E-state index contributed by atoms with van der Waals surface area (Å²) < 4.78 is 0. The Kier molecular flexibility index (Phi) is 8.21. The van der Waals surface area contributed by atoms with E-state index < -0.39 is 11.9 Å². The standard InChI is InChI=1S/C12H14O4/c13-11(14)9-7-5-3-1-2-4-6-8-10-12(15)16/h1-7,9H,8,10H2,(H,13,14)(H,15,16). The molecule has 0 aromatic heterocycles. The van der Waals surface area contributed by atoms with E-state index in [0.717, 1.165) is 6.08 Å². The first-order valence-corrected chi connectivity index (χ1v) is 4.74. The molecule has 0 rings (SSSR count). The van der Waals surface area contributed by atoms with Crippen LogP contribution < -0.4 is 0 Å². The first-order chi connectivity index (χ1) is 7.63. The Labute approximate surface area is 93.9 Å². The van der Waals surface area contributed by atoms with Crippen LogP contribution in [-0.4, -0.2) is 22.2 Å².